The predicted octanol–water partition coefficient (Wildman–Crippen LogP) is 3.77. The van der Waals surface area contributed by atoms with Crippen LogP contribution < -0.4 is 10.1 Å². The summed E-state index contributed by atoms with van der Waals surface area (Å²) in [5.74, 6) is 0.742. The van der Waals surface area contributed by atoms with Crippen molar-refractivity contribution in [1.82, 2.24) is 15.2 Å². The molecular weight excluding hydrogens is 398 g/mol. The monoisotopic (exact) mass is 425 g/mol. The Labute approximate surface area is 180 Å². The van der Waals surface area contributed by atoms with Gasteiger partial charge in [-0.3, -0.25) is 9.69 Å². The van der Waals surface area contributed by atoms with Crippen molar-refractivity contribution in [2.75, 3.05) is 33.4 Å². The van der Waals surface area contributed by atoms with Gasteiger partial charge in [-0.1, -0.05) is 30.3 Å². The van der Waals surface area contributed by atoms with Crippen molar-refractivity contribution in [3.05, 3.63) is 59.1 Å². The number of benzene rings is 2. The molecule has 1 N–H and O–H groups in total. The second-order valence-electron chi connectivity index (χ2n) is 7.37. The largest absolute Gasteiger partial charge is 0.496 e. The van der Waals surface area contributed by atoms with Crippen LogP contribution in [0, 0.1) is 0 Å². The summed E-state index contributed by atoms with van der Waals surface area (Å²) in [6, 6.07) is 16.1. The Hall–Kier alpha value is -2.48. The number of aromatic nitrogens is 1. The zero-order valence-corrected chi connectivity index (χ0v) is 18.0. The van der Waals surface area contributed by atoms with Gasteiger partial charge in [-0.25, -0.2) is 4.98 Å². The highest BCUT2D eigenvalue weighted by Crippen LogP contribution is 2.31. The molecular formula is C23H27N3O3S. The third-order valence-corrected chi connectivity index (χ3v) is 6.38. The van der Waals surface area contributed by atoms with Crippen LogP contribution in [0.5, 0.6) is 5.75 Å². The molecule has 30 heavy (non-hydrogen) atoms. The molecule has 2 aromatic carbocycles. The first-order chi connectivity index (χ1) is 14.7. The number of nitrogens with one attached hydrogen (secondary N) is 1. The number of nitrogens with zero attached hydrogens (tertiary/aromatic N) is 2. The summed E-state index contributed by atoms with van der Waals surface area (Å²) in [4.78, 5) is 19.4. The van der Waals surface area contributed by atoms with Gasteiger partial charge in [0, 0.05) is 12.1 Å². The first-order valence-corrected chi connectivity index (χ1v) is 11.1. The van der Waals surface area contributed by atoms with Gasteiger partial charge in [0.25, 0.3) is 0 Å². The Morgan fingerprint density at radius 1 is 1.17 bits per heavy atom. The molecule has 6 nitrogen and oxygen atoms in total. The van der Waals surface area contributed by atoms with Gasteiger partial charge in [-0.15, -0.1) is 11.3 Å². The Morgan fingerprint density at radius 2 is 1.93 bits per heavy atom. The highest BCUT2D eigenvalue weighted by Gasteiger charge is 2.26. The normalized spacial score (nSPS) is 15.4. The molecule has 0 radical (unpaired) electrons. The second-order valence-corrected chi connectivity index (χ2v) is 8.49. The molecule has 0 saturated carbocycles. The molecule has 1 saturated heterocycles. The molecule has 1 aliphatic heterocycles. The van der Waals surface area contributed by atoms with E-state index in [1.807, 2.05) is 42.5 Å². The maximum atomic E-state index is 12.4. The highest BCUT2D eigenvalue weighted by molar-refractivity contribution is 7.18. The number of likely N-dealkylation sites (tertiary alicyclic amines) is 1. The fourth-order valence-corrected chi connectivity index (χ4v) is 4.81. The van der Waals surface area contributed by atoms with Gasteiger partial charge in [-0.05, 0) is 44.1 Å². The minimum absolute atomic E-state index is 0.0224. The fourth-order valence-electron chi connectivity index (χ4n) is 3.90. The maximum absolute atomic E-state index is 12.4. The lowest BCUT2D eigenvalue weighted by Gasteiger charge is -2.29. The zero-order chi connectivity index (χ0) is 20.8. The number of para-hydroxylation sites is 2. The van der Waals surface area contributed by atoms with Crippen molar-refractivity contribution in [3.8, 4) is 5.75 Å². The molecule has 158 valence electrons. The van der Waals surface area contributed by atoms with Crippen LogP contribution in [0.3, 0.4) is 0 Å². The summed E-state index contributed by atoms with van der Waals surface area (Å²) in [5, 5.41) is 3.93. The van der Waals surface area contributed by atoms with Crippen LogP contribution in [-0.2, 0) is 16.1 Å². The van der Waals surface area contributed by atoms with Crippen molar-refractivity contribution >= 4 is 27.5 Å². The van der Waals surface area contributed by atoms with Crippen LogP contribution in [0.25, 0.3) is 10.2 Å². The van der Waals surface area contributed by atoms with Crippen molar-refractivity contribution < 1.29 is 14.3 Å². The minimum atomic E-state index is -0.116. The molecule has 1 unspecified atom stereocenters. The van der Waals surface area contributed by atoms with Gasteiger partial charge >= 0.3 is 0 Å². The molecule has 4 rings (SSSR count). The Bertz CT molecular complexity index is 951. The average molecular weight is 426 g/mol. The number of rotatable bonds is 9. The molecule has 0 aliphatic carbocycles. The Balaban J connectivity index is 1.32. The van der Waals surface area contributed by atoms with Crippen LogP contribution in [0.15, 0.2) is 48.5 Å². The van der Waals surface area contributed by atoms with Gasteiger partial charge in [0.1, 0.15) is 17.4 Å². The first-order valence-electron chi connectivity index (χ1n) is 10.3. The summed E-state index contributed by atoms with van der Waals surface area (Å²) in [6.45, 7) is 2.96. The molecule has 2 heterocycles. The van der Waals surface area contributed by atoms with Crippen molar-refractivity contribution in [3.63, 3.8) is 0 Å². The van der Waals surface area contributed by atoms with Gasteiger partial charge in [0.05, 0.1) is 30.0 Å². The standard InChI is InChI=1S/C23H27N3O3S/c1-28-20-10-4-2-8-17(20)19(26-12-6-7-13-26)14-24-22(27)15-29-16-23-25-18-9-3-5-11-21(18)30-23/h2-5,8-11,19H,6-7,12-16H2,1H3,(H,24,27). The molecule has 3 aromatic rings. The molecule has 1 fully saturated rings. The quantitative estimate of drug-likeness (QED) is 0.565. The molecule has 1 amide bonds. The van der Waals surface area contributed by atoms with Crippen molar-refractivity contribution in [1.29, 1.82) is 0 Å². The van der Waals surface area contributed by atoms with E-state index in [0.29, 0.717) is 13.2 Å². The lowest BCUT2D eigenvalue weighted by atomic mass is 10.0. The van der Waals surface area contributed by atoms with E-state index in [9.17, 15) is 4.79 Å². The summed E-state index contributed by atoms with van der Waals surface area (Å²) >= 11 is 1.60. The Morgan fingerprint density at radius 3 is 2.73 bits per heavy atom. The number of carbonyl (C=O) groups excluding carboxylic acids is 1. The van der Waals surface area contributed by atoms with E-state index in [1.165, 1.54) is 12.8 Å². The summed E-state index contributed by atoms with van der Waals surface area (Å²) < 4.78 is 12.3. The first kappa shape index (κ1) is 20.8. The zero-order valence-electron chi connectivity index (χ0n) is 17.2. The van der Waals surface area contributed by atoms with Crippen LogP contribution in [-0.4, -0.2) is 49.1 Å². The lowest BCUT2D eigenvalue weighted by molar-refractivity contribution is -0.126. The van der Waals surface area contributed by atoms with Gasteiger partial charge in [0.2, 0.25) is 5.91 Å². The summed E-state index contributed by atoms with van der Waals surface area (Å²) in [7, 11) is 1.69. The number of fused-ring (bicyclic) bond motifs is 1. The number of carbonyl (C=O) groups is 1. The van der Waals surface area contributed by atoms with Crippen molar-refractivity contribution in [2.45, 2.75) is 25.5 Å². The summed E-state index contributed by atoms with van der Waals surface area (Å²) in [5.41, 5.74) is 2.08. The second kappa shape index (κ2) is 10.0. The van der Waals surface area contributed by atoms with E-state index in [4.69, 9.17) is 9.47 Å². The van der Waals surface area contributed by atoms with Gasteiger partial charge in [-0.2, -0.15) is 0 Å². The number of thiazole rings is 1. The number of amides is 1. The van der Waals surface area contributed by atoms with E-state index in [2.05, 4.69) is 21.3 Å². The molecule has 1 atom stereocenters. The van der Waals surface area contributed by atoms with Gasteiger partial charge < -0.3 is 14.8 Å². The van der Waals surface area contributed by atoms with Crippen LogP contribution in [0.2, 0.25) is 0 Å². The molecule has 1 aliphatic rings. The number of hydrogen-bond donors (Lipinski definition) is 1. The van der Waals surface area contributed by atoms with E-state index in [0.717, 1.165) is 39.6 Å². The lowest BCUT2D eigenvalue weighted by Crippen LogP contribution is -2.38. The van der Waals surface area contributed by atoms with E-state index in [1.54, 1.807) is 18.4 Å². The maximum Gasteiger partial charge on any atom is 0.246 e. The molecule has 0 bridgehead atoms. The smallest absolute Gasteiger partial charge is 0.246 e. The third-order valence-electron chi connectivity index (χ3n) is 5.37. The molecule has 1 aromatic heterocycles. The fraction of sp³-hybridized carbons (Fsp3) is 0.391. The van der Waals surface area contributed by atoms with Crippen molar-refractivity contribution in [2.24, 2.45) is 0 Å². The summed E-state index contributed by atoms with van der Waals surface area (Å²) in [6.07, 6.45) is 2.37. The highest BCUT2D eigenvalue weighted by atomic mass is 32.1. The van der Waals surface area contributed by atoms with E-state index < -0.39 is 0 Å². The van der Waals surface area contributed by atoms with Crippen LogP contribution >= 0.6 is 11.3 Å². The number of methoxy groups -OCH3 is 1. The van der Waals surface area contributed by atoms with E-state index >= 15 is 0 Å². The topological polar surface area (TPSA) is 63.7 Å². The number of hydrogen-bond acceptors (Lipinski definition) is 6. The van der Waals surface area contributed by atoms with E-state index in [-0.39, 0.29) is 18.6 Å². The third kappa shape index (κ3) is 4.98. The Kier molecular flexibility index (Phi) is 6.94. The van der Waals surface area contributed by atoms with Crippen LogP contribution in [0.1, 0.15) is 29.5 Å². The average Bonchev–Trinajstić information content (AvgIpc) is 3.44. The minimum Gasteiger partial charge on any atom is -0.496 e. The number of ether oxygens (including phenoxy) is 2. The SMILES string of the molecule is COc1ccccc1C(CNC(=O)COCc1nc2ccccc2s1)N1CCCC1. The van der Waals surface area contributed by atoms with Crippen LogP contribution in [0.4, 0.5) is 0 Å². The molecule has 0 spiro atoms. The van der Waals surface area contributed by atoms with Gasteiger partial charge in [0.15, 0.2) is 0 Å². The predicted molar refractivity (Wildman–Crippen MR) is 119 cm³/mol. The molecule has 7 heteroatoms.